The van der Waals surface area contributed by atoms with Crippen LogP contribution in [0.15, 0.2) is 18.2 Å². The van der Waals surface area contributed by atoms with Crippen molar-refractivity contribution in [2.45, 2.75) is 6.43 Å². The van der Waals surface area contributed by atoms with Gasteiger partial charge in [-0.05, 0) is 18.2 Å². The average molecular weight is 343 g/mol. The molecule has 0 radical (unpaired) electrons. The molecule has 1 aromatic carbocycles. The second kappa shape index (κ2) is 6.89. The molecule has 3 nitrogen and oxygen atoms in total. The van der Waals surface area contributed by atoms with Gasteiger partial charge in [-0.25, -0.2) is 8.78 Å². The number of rotatable bonds is 5. The summed E-state index contributed by atoms with van der Waals surface area (Å²) in [5.41, 5.74) is 0.166. The van der Waals surface area contributed by atoms with Crippen molar-refractivity contribution in [3.8, 4) is 5.75 Å². The summed E-state index contributed by atoms with van der Waals surface area (Å²) in [6.45, 7) is -0.468. The Morgan fingerprint density at radius 1 is 1.50 bits per heavy atom. The van der Waals surface area contributed by atoms with E-state index in [1.807, 2.05) is 0 Å². The maximum absolute atomic E-state index is 12.4. The number of carbonyl (C=O) groups is 1. The Morgan fingerprint density at radius 3 is 2.67 bits per heavy atom. The second-order valence-corrected chi connectivity index (χ2v) is 4.70. The molecule has 0 spiro atoms. The number of benzene rings is 1. The van der Waals surface area contributed by atoms with Crippen LogP contribution < -0.4 is 0 Å². The molecule has 0 aliphatic rings. The third kappa shape index (κ3) is 4.10. The van der Waals surface area contributed by atoms with E-state index in [0.29, 0.717) is 5.33 Å². The second-order valence-electron chi connectivity index (χ2n) is 3.50. The molecular formula is C11H11BrClF2NO2. The minimum Gasteiger partial charge on any atom is -0.506 e. The molecule has 7 heteroatoms. The first-order chi connectivity index (χ1) is 8.45. The number of carbonyl (C=O) groups excluding carboxylic acids is 1. The van der Waals surface area contributed by atoms with Crippen LogP contribution in [0.2, 0.25) is 5.02 Å². The topological polar surface area (TPSA) is 40.5 Å². The molecule has 1 aromatic rings. The van der Waals surface area contributed by atoms with E-state index in [0.717, 1.165) is 4.90 Å². The summed E-state index contributed by atoms with van der Waals surface area (Å²) in [7, 11) is 0. The summed E-state index contributed by atoms with van der Waals surface area (Å²) in [6, 6.07) is 3.85. The first-order valence-corrected chi connectivity index (χ1v) is 6.57. The normalized spacial score (nSPS) is 10.7. The van der Waals surface area contributed by atoms with E-state index in [4.69, 9.17) is 11.6 Å². The predicted molar refractivity (Wildman–Crippen MR) is 68.8 cm³/mol. The van der Waals surface area contributed by atoms with Crippen LogP contribution in [-0.4, -0.2) is 40.8 Å². The van der Waals surface area contributed by atoms with Gasteiger partial charge in [0.1, 0.15) is 5.75 Å². The molecule has 0 heterocycles. The molecule has 0 unspecified atom stereocenters. The smallest absolute Gasteiger partial charge is 0.255 e. The van der Waals surface area contributed by atoms with E-state index < -0.39 is 18.9 Å². The van der Waals surface area contributed by atoms with E-state index >= 15 is 0 Å². The highest BCUT2D eigenvalue weighted by atomic mass is 79.9. The molecule has 0 atom stereocenters. The van der Waals surface area contributed by atoms with Gasteiger partial charge in [0.15, 0.2) is 0 Å². The summed E-state index contributed by atoms with van der Waals surface area (Å²) >= 11 is 8.77. The molecule has 18 heavy (non-hydrogen) atoms. The zero-order chi connectivity index (χ0) is 13.7. The Bertz CT molecular complexity index is 432. The lowest BCUT2D eigenvalue weighted by molar-refractivity contribution is 0.0572. The number of hydrogen-bond donors (Lipinski definition) is 1. The zero-order valence-corrected chi connectivity index (χ0v) is 11.6. The van der Waals surface area contributed by atoms with Gasteiger partial charge in [-0.2, -0.15) is 0 Å². The highest BCUT2D eigenvalue weighted by molar-refractivity contribution is 9.09. The maximum Gasteiger partial charge on any atom is 0.255 e. The summed E-state index contributed by atoms with van der Waals surface area (Å²) in [5.74, 6) is -0.703. The number of aromatic hydroxyl groups is 1. The Hall–Kier alpha value is -0.880. The van der Waals surface area contributed by atoms with Gasteiger partial charge in [0.2, 0.25) is 0 Å². The predicted octanol–water partition coefficient (Wildman–Crippen LogP) is 3.15. The van der Waals surface area contributed by atoms with E-state index in [-0.39, 0.29) is 22.9 Å². The Labute approximate surface area is 116 Å². The summed E-state index contributed by atoms with van der Waals surface area (Å²) < 4.78 is 24.7. The number of nitrogens with zero attached hydrogens (tertiary/aromatic N) is 1. The Kier molecular flexibility index (Phi) is 5.81. The van der Waals surface area contributed by atoms with Crippen LogP contribution in [-0.2, 0) is 0 Å². The molecule has 0 aromatic heterocycles. The number of hydrogen-bond acceptors (Lipinski definition) is 2. The van der Waals surface area contributed by atoms with Crippen LogP contribution >= 0.6 is 27.5 Å². The van der Waals surface area contributed by atoms with Crippen LogP contribution in [0.25, 0.3) is 0 Å². The molecule has 1 amide bonds. The van der Waals surface area contributed by atoms with Crippen molar-refractivity contribution in [3.63, 3.8) is 0 Å². The lowest BCUT2D eigenvalue weighted by Gasteiger charge is -2.21. The van der Waals surface area contributed by atoms with Crippen molar-refractivity contribution < 1.29 is 18.7 Å². The Morgan fingerprint density at radius 2 is 2.17 bits per heavy atom. The minimum absolute atomic E-state index is 0.0108. The lowest BCUT2D eigenvalue weighted by Crippen LogP contribution is -2.36. The third-order valence-electron chi connectivity index (χ3n) is 2.19. The van der Waals surface area contributed by atoms with Crippen LogP contribution in [0.3, 0.4) is 0 Å². The van der Waals surface area contributed by atoms with E-state index in [1.165, 1.54) is 18.2 Å². The van der Waals surface area contributed by atoms with Crippen molar-refractivity contribution in [2.24, 2.45) is 0 Å². The highest BCUT2D eigenvalue weighted by Gasteiger charge is 2.19. The molecule has 100 valence electrons. The maximum atomic E-state index is 12.4. The standard InChI is InChI=1S/C11H11BrClF2NO2/c12-3-4-16(6-10(14)15)11(18)7-1-2-9(17)8(13)5-7/h1-2,5,10,17H,3-4,6H2. The number of amides is 1. The van der Waals surface area contributed by atoms with Crippen LogP contribution in [0.5, 0.6) is 5.75 Å². The van der Waals surface area contributed by atoms with Crippen molar-refractivity contribution in [2.75, 3.05) is 18.4 Å². The van der Waals surface area contributed by atoms with Crippen LogP contribution in [0, 0.1) is 0 Å². The van der Waals surface area contributed by atoms with Gasteiger partial charge < -0.3 is 10.0 Å². The average Bonchev–Trinajstić information content (AvgIpc) is 2.31. The van der Waals surface area contributed by atoms with Crippen molar-refractivity contribution in [1.29, 1.82) is 0 Å². The van der Waals surface area contributed by atoms with Crippen LogP contribution in [0.4, 0.5) is 8.78 Å². The fourth-order valence-electron chi connectivity index (χ4n) is 1.37. The quantitative estimate of drug-likeness (QED) is 0.835. The van der Waals surface area contributed by atoms with E-state index in [2.05, 4.69) is 15.9 Å². The van der Waals surface area contributed by atoms with Gasteiger partial charge in [0.05, 0.1) is 11.6 Å². The zero-order valence-electron chi connectivity index (χ0n) is 9.25. The number of phenolic OH excluding ortho intramolecular Hbond substituents is 1. The molecule has 0 saturated heterocycles. The van der Waals surface area contributed by atoms with Gasteiger partial charge in [-0.1, -0.05) is 27.5 Å². The number of phenols is 1. The molecule has 0 saturated carbocycles. The van der Waals surface area contributed by atoms with Gasteiger partial charge in [0, 0.05) is 17.4 Å². The van der Waals surface area contributed by atoms with Gasteiger partial charge in [-0.3, -0.25) is 4.79 Å². The summed E-state index contributed by atoms with van der Waals surface area (Å²) in [6.07, 6.45) is -2.60. The largest absolute Gasteiger partial charge is 0.506 e. The van der Waals surface area contributed by atoms with Gasteiger partial charge in [-0.15, -0.1) is 0 Å². The summed E-state index contributed by atoms with van der Waals surface area (Å²) in [4.78, 5) is 13.0. The molecule has 0 fully saturated rings. The van der Waals surface area contributed by atoms with Crippen molar-refractivity contribution in [3.05, 3.63) is 28.8 Å². The SMILES string of the molecule is O=C(c1ccc(O)c(Cl)c1)N(CCBr)CC(F)F. The molecule has 0 bridgehead atoms. The van der Waals surface area contributed by atoms with Crippen LogP contribution in [0.1, 0.15) is 10.4 Å². The minimum atomic E-state index is -2.60. The fourth-order valence-corrected chi connectivity index (χ4v) is 1.98. The van der Waals surface area contributed by atoms with E-state index in [1.54, 1.807) is 0 Å². The Balaban J connectivity index is 2.90. The van der Waals surface area contributed by atoms with E-state index in [9.17, 15) is 18.7 Å². The lowest BCUT2D eigenvalue weighted by atomic mass is 10.2. The monoisotopic (exact) mass is 341 g/mol. The van der Waals surface area contributed by atoms with Crippen molar-refractivity contribution >= 4 is 33.4 Å². The number of halogens is 4. The third-order valence-corrected chi connectivity index (χ3v) is 2.85. The molecule has 0 aliphatic carbocycles. The van der Waals surface area contributed by atoms with Gasteiger partial charge >= 0.3 is 0 Å². The van der Waals surface area contributed by atoms with Crippen molar-refractivity contribution in [1.82, 2.24) is 4.90 Å². The summed E-state index contributed by atoms with van der Waals surface area (Å²) in [5, 5.41) is 9.64. The fraction of sp³-hybridized carbons (Fsp3) is 0.364. The van der Waals surface area contributed by atoms with Gasteiger partial charge in [0.25, 0.3) is 12.3 Å². The molecular weight excluding hydrogens is 331 g/mol. The first-order valence-electron chi connectivity index (χ1n) is 5.07. The number of alkyl halides is 3. The molecule has 0 aliphatic heterocycles. The molecule has 1 N–H and O–H groups in total. The first kappa shape index (κ1) is 15.2. The molecule has 1 rings (SSSR count). The highest BCUT2D eigenvalue weighted by Crippen LogP contribution is 2.24.